The Labute approximate surface area is 135 Å². The van der Waals surface area contributed by atoms with Gasteiger partial charge in [-0.1, -0.05) is 12.8 Å². The molecule has 3 aliphatic rings. The molecule has 4 amide bonds. The van der Waals surface area contributed by atoms with Gasteiger partial charge in [0.15, 0.2) is 0 Å². The fourth-order valence-corrected chi connectivity index (χ4v) is 3.44. The molecule has 3 fully saturated rings. The standard InChI is InChI=1S/C16H23N3O4/c20-13(17-9-14(21)18-10-5-6-10)7-8-19-15(22)11-3-1-2-4-12(11)16(19)23/h10-12H,1-9H2,(H,17,20)(H,18,21)/t11-,12+. The number of rotatable bonds is 6. The lowest BCUT2D eigenvalue weighted by atomic mass is 9.81. The lowest BCUT2D eigenvalue weighted by Crippen LogP contribution is -2.40. The summed E-state index contributed by atoms with van der Waals surface area (Å²) in [6.07, 6.45) is 5.59. The van der Waals surface area contributed by atoms with Gasteiger partial charge >= 0.3 is 0 Å². The first kappa shape index (κ1) is 16.0. The van der Waals surface area contributed by atoms with Crippen LogP contribution in [0.3, 0.4) is 0 Å². The van der Waals surface area contributed by atoms with Crippen LogP contribution in [-0.4, -0.2) is 47.7 Å². The molecule has 23 heavy (non-hydrogen) atoms. The second-order valence-corrected chi connectivity index (χ2v) is 6.69. The summed E-state index contributed by atoms with van der Waals surface area (Å²) in [7, 11) is 0. The summed E-state index contributed by atoms with van der Waals surface area (Å²) in [6.45, 7) is 0.0588. The number of amides is 4. The van der Waals surface area contributed by atoms with E-state index in [9.17, 15) is 19.2 Å². The highest BCUT2D eigenvalue weighted by molar-refractivity contribution is 6.05. The lowest BCUT2D eigenvalue weighted by Gasteiger charge is -2.19. The zero-order chi connectivity index (χ0) is 16.4. The van der Waals surface area contributed by atoms with Crippen molar-refractivity contribution >= 4 is 23.6 Å². The van der Waals surface area contributed by atoms with Crippen LogP contribution in [0, 0.1) is 11.8 Å². The first-order valence-electron chi connectivity index (χ1n) is 8.47. The SMILES string of the molecule is O=C(CCN1C(=O)[C@H]2CCCC[C@H]2C1=O)NCC(=O)NC1CC1. The summed E-state index contributed by atoms with van der Waals surface area (Å²) in [4.78, 5) is 49.1. The fourth-order valence-electron chi connectivity index (χ4n) is 3.44. The van der Waals surface area contributed by atoms with Crippen molar-refractivity contribution in [1.82, 2.24) is 15.5 Å². The van der Waals surface area contributed by atoms with Crippen molar-refractivity contribution in [2.75, 3.05) is 13.1 Å². The maximum atomic E-state index is 12.3. The van der Waals surface area contributed by atoms with Crippen LogP contribution in [0.25, 0.3) is 0 Å². The number of carbonyl (C=O) groups is 4. The van der Waals surface area contributed by atoms with Gasteiger partial charge in [-0.25, -0.2) is 0 Å². The Kier molecular flexibility index (Phi) is 4.63. The van der Waals surface area contributed by atoms with Gasteiger partial charge in [-0.05, 0) is 25.7 Å². The minimum Gasteiger partial charge on any atom is -0.352 e. The van der Waals surface area contributed by atoms with Crippen LogP contribution in [0.5, 0.6) is 0 Å². The normalized spacial score (nSPS) is 26.9. The maximum absolute atomic E-state index is 12.3. The van der Waals surface area contributed by atoms with Crippen molar-refractivity contribution in [1.29, 1.82) is 0 Å². The summed E-state index contributed by atoms with van der Waals surface area (Å²) in [5.41, 5.74) is 0. The largest absolute Gasteiger partial charge is 0.352 e. The van der Waals surface area contributed by atoms with Crippen LogP contribution in [0.2, 0.25) is 0 Å². The predicted molar refractivity (Wildman–Crippen MR) is 81.0 cm³/mol. The van der Waals surface area contributed by atoms with Gasteiger partial charge in [0.25, 0.3) is 0 Å². The summed E-state index contributed by atoms with van der Waals surface area (Å²) in [6, 6.07) is 0.266. The molecule has 0 aromatic carbocycles. The number of nitrogens with one attached hydrogen (secondary N) is 2. The van der Waals surface area contributed by atoms with Crippen molar-refractivity contribution in [3.63, 3.8) is 0 Å². The molecule has 0 bridgehead atoms. The van der Waals surface area contributed by atoms with Crippen LogP contribution in [0.15, 0.2) is 0 Å². The van der Waals surface area contributed by atoms with E-state index < -0.39 is 0 Å². The highest BCUT2D eigenvalue weighted by Crippen LogP contribution is 2.37. The molecular weight excluding hydrogens is 298 g/mol. The van der Waals surface area contributed by atoms with Crippen LogP contribution in [0.1, 0.15) is 44.9 Å². The van der Waals surface area contributed by atoms with Crippen molar-refractivity contribution < 1.29 is 19.2 Å². The summed E-state index contributed by atoms with van der Waals surface area (Å²) < 4.78 is 0. The third kappa shape index (κ3) is 3.71. The van der Waals surface area contributed by atoms with Gasteiger partial charge < -0.3 is 10.6 Å². The van der Waals surface area contributed by atoms with Crippen LogP contribution < -0.4 is 10.6 Å². The molecule has 0 unspecified atom stereocenters. The van der Waals surface area contributed by atoms with E-state index in [1.54, 1.807) is 0 Å². The van der Waals surface area contributed by atoms with Crippen LogP contribution in [-0.2, 0) is 19.2 Å². The molecule has 0 aromatic rings. The second-order valence-electron chi connectivity index (χ2n) is 6.69. The second kappa shape index (κ2) is 6.68. The van der Waals surface area contributed by atoms with Crippen LogP contribution in [0.4, 0.5) is 0 Å². The Balaban J connectivity index is 1.42. The molecule has 0 aromatic heterocycles. The Morgan fingerprint density at radius 2 is 1.57 bits per heavy atom. The van der Waals surface area contributed by atoms with Gasteiger partial charge in [0.2, 0.25) is 23.6 Å². The van der Waals surface area contributed by atoms with Gasteiger partial charge in [0.1, 0.15) is 0 Å². The molecule has 2 N–H and O–H groups in total. The van der Waals surface area contributed by atoms with Crippen molar-refractivity contribution in [2.24, 2.45) is 11.8 Å². The van der Waals surface area contributed by atoms with E-state index in [-0.39, 0.29) is 61.0 Å². The molecule has 0 spiro atoms. The molecule has 2 aliphatic carbocycles. The van der Waals surface area contributed by atoms with E-state index in [1.165, 1.54) is 4.90 Å². The Hall–Kier alpha value is -1.92. The third-order valence-electron chi connectivity index (χ3n) is 4.88. The number of imide groups is 1. The Bertz CT molecular complexity index is 505. The van der Waals surface area contributed by atoms with Gasteiger partial charge in [0, 0.05) is 19.0 Å². The maximum Gasteiger partial charge on any atom is 0.239 e. The Morgan fingerprint density at radius 1 is 0.957 bits per heavy atom. The minimum atomic E-state index is -0.314. The smallest absolute Gasteiger partial charge is 0.239 e. The molecular formula is C16H23N3O4. The monoisotopic (exact) mass is 321 g/mol. The van der Waals surface area contributed by atoms with E-state index in [0.717, 1.165) is 38.5 Å². The lowest BCUT2D eigenvalue weighted by molar-refractivity contribution is -0.140. The molecule has 1 saturated heterocycles. The third-order valence-corrected chi connectivity index (χ3v) is 4.88. The predicted octanol–water partition coefficient (Wildman–Crippen LogP) is -0.0535. The average molecular weight is 321 g/mol. The highest BCUT2D eigenvalue weighted by Gasteiger charge is 2.47. The zero-order valence-electron chi connectivity index (χ0n) is 13.2. The number of likely N-dealkylation sites (tertiary alicyclic amines) is 1. The van der Waals surface area contributed by atoms with Gasteiger partial charge in [-0.2, -0.15) is 0 Å². The van der Waals surface area contributed by atoms with Gasteiger partial charge in [0.05, 0.1) is 18.4 Å². The minimum absolute atomic E-state index is 0.0492. The summed E-state index contributed by atoms with van der Waals surface area (Å²) in [5, 5.41) is 5.31. The number of hydrogen-bond acceptors (Lipinski definition) is 4. The van der Waals surface area contributed by atoms with E-state index in [4.69, 9.17) is 0 Å². The van der Waals surface area contributed by atoms with E-state index >= 15 is 0 Å². The topological polar surface area (TPSA) is 95.6 Å². The molecule has 0 radical (unpaired) electrons. The molecule has 3 rings (SSSR count). The first-order valence-corrected chi connectivity index (χ1v) is 8.47. The number of carbonyl (C=O) groups excluding carboxylic acids is 4. The average Bonchev–Trinajstić information content (AvgIpc) is 3.32. The molecule has 126 valence electrons. The van der Waals surface area contributed by atoms with Crippen molar-refractivity contribution in [2.45, 2.75) is 51.0 Å². The number of nitrogens with zero attached hydrogens (tertiary/aromatic N) is 1. The van der Waals surface area contributed by atoms with Gasteiger partial charge in [-0.15, -0.1) is 0 Å². The number of fused-ring (bicyclic) bond motifs is 1. The molecule has 2 atom stereocenters. The van der Waals surface area contributed by atoms with Gasteiger partial charge in [-0.3, -0.25) is 24.1 Å². The molecule has 7 nitrogen and oxygen atoms in total. The molecule has 2 saturated carbocycles. The fraction of sp³-hybridized carbons (Fsp3) is 0.750. The molecule has 1 aliphatic heterocycles. The molecule has 1 heterocycles. The quantitative estimate of drug-likeness (QED) is 0.670. The highest BCUT2D eigenvalue weighted by atomic mass is 16.2. The van der Waals surface area contributed by atoms with Crippen molar-refractivity contribution in [3.05, 3.63) is 0 Å². The number of hydrogen-bond donors (Lipinski definition) is 2. The Morgan fingerprint density at radius 3 is 2.13 bits per heavy atom. The molecule has 7 heteroatoms. The summed E-state index contributed by atoms with van der Waals surface area (Å²) >= 11 is 0. The zero-order valence-corrected chi connectivity index (χ0v) is 13.2. The van der Waals surface area contributed by atoms with Crippen LogP contribution >= 0.6 is 0 Å². The van der Waals surface area contributed by atoms with E-state index in [2.05, 4.69) is 10.6 Å². The first-order chi connectivity index (χ1) is 11.1. The van der Waals surface area contributed by atoms with Crippen molar-refractivity contribution in [3.8, 4) is 0 Å². The van der Waals surface area contributed by atoms with E-state index in [1.807, 2.05) is 0 Å². The van der Waals surface area contributed by atoms with E-state index in [0.29, 0.717) is 0 Å². The summed E-state index contributed by atoms with van der Waals surface area (Å²) in [5.74, 6) is -1.11.